The first-order valence-corrected chi connectivity index (χ1v) is 8.93. The molecule has 1 atom stereocenters. The van der Waals surface area contributed by atoms with Gasteiger partial charge in [0.25, 0.3) is 0 Å². The lowest BCUT2D eigenvalue weighted by atomic mass is 10.1. The number of hydrogen-bond donors (Lipinski definition) is 1. The lowest BCUT2D eigenvalue weighted by molar-refractivity contribution is -0.133. The number of aliphatic hydroxyl groups is 1. The molecule has 1 amide bonds. The molecule has 1 unspecified atom stereocenters. The molecule has 1 aliphatic heterocycles. The average molecular weight is 316 g/mol. The van der Waals surface area contributed by atoms with Crippen molar-refractivity contribution in [2.45, 2.75) is 44.7 Å². The maximum Gasteiger partial charge on any atom is 0.237 e. The molecule has 1 heterocycles. The fourth-order valence-corrected chi connectivity index (χ4v) is 3.48. The highest BCUT2D eigenvalue weighted by Crippen LogP contribution is 2.29. The summed E-state index contributed by atoms with van der Waals surface area (Å²) in [6, 6.07) is 10.7. The van der Waals surface area contributed by atoms with E-state index in [0.717, 1.165) is 51.7 Å². The van der Waals surface area contributed by atoms with E-state index >= 15 is 0 Å². The van der Waals surface area contributed by atoms with Crippen LogP contribution in [0.3, 0.4) is 0 Å². The molecule has 4 heteroatoms. The third kappa shape index (κ3) is 4.79. The SMILES string of the molecule is O=C(CN1CCCCC(CO)C1)N(Cc1ccccc1)C1CC1. The van der Waals surface area contributed by atoms with Crippen molar-refractivity contribution < 1.29 is 9.90 Å². The molecular formula is C19H28N2O2. The summed E-state index contributed by atoms with van der Waals surface area (Å²) in [6.45, 7) is 3.29. The Balaban J connectivity index is 1.60. The number of amides is 1. The fraction of sp³-hybridized carbons (Fsp3) is 0.632. The van der Waals surface area contributed by atoms with Crippen LogP contribution >= 0.6 is 0 Å². The van der Waals surface area contributed by atoms with Gasteiger partial charge in [-0.15, -0.1) is 0 Å². The summed E-state index contributed by atoms with van der Waals surface area (Å²) in [6.07, 6.45) is 5.64. The molecule has 23 heavy (non-hydrogen) atoms. The van der Waals surface area contributed by atoms with Gasteiger partial charge in [0.05, 0.1) is 6.54 Å². The van der Waals surface area contributed by atoms with Crippen LogP contribution in [0.2, 0.25) is 0 Å². The molecule has 0 radical (unpaired) electrons. The van der Waals surface area contributed by atoms with Gasteiger partial charge in [0.15, 0.2) is 0 Å². The van der Waals surface area contributed by atoms with Gasteiger partial charge in [-0.25, -0.2) is 0 Å². The van der Waals surface area contributed by atoms with Gasteiger partial charge in [0.1, 0.15) is 0 Å². The van der Waals surface area contributed by atoms with E-state index in [9.17, 15) is 9.90 Å². The van der Waals surface area contributed by atoms with Crippen molar-refractivity contribution in [3.63, 3.8) is 0 Å². The third-order valence-electron chi connectivity index (χ3n) is 4.97. The van der Waals surface area contributed by atoms with Crippen LogP contribution in [-0.4, -0.2) is 53.1 Å². The summed E-state index contributed by atoms with van der Waals surface area (Å²) in [5.41, 5.74) is 1.21. The summed E-state index contributed by atoms with van der Waals surface area (Å²) < 4.78 is 0. The predicted octanol–water partition coefficient (Wildman–Crippen LogP) is 2.27. The Morgan fingerprint density at radius 1 is 1.17 bits per heavy atom. The molecule has 126 valence electrons. The number of benzene rings is 1. The molecule has 2 aliphatic rings. The van der Waals surface area contributed by atoms with E-state index in [1.165, 1.54) is 5.56 Å². The van der Waals surface area contributed by atoms with E-state index < -0.39 is 0 Å². The van der Waals surface area contributed by atoms with Crippen LogP contribution in [0.5, 0.6) is 0 Å². The molecule has 1 N–H and O–H groups in total. The zero-order valence-corrected chi connectivity index (χ0v) is 13.9. The molecule has 1 aliphatic carbocycles. The Labute approximate surface area is 139 Å². The molecule has 3 rings (SSSR count). The molecule has 0 aromatic heterocycles. The first-order valence-electron chi connectivity index (χ1n) is 8.93. The van der Waals surface area contributed by atoms with Crippen molar-refractivity contribution in [1.29, 1.82) is 0 Å². The van der Waals surface area contributed by atoms with Crippen LogP contribution in [0.4, 0.5) is 0 Å². The summed E-state index contributed by atoms with van der Waals surface area (Å²) in [7, 11) is 0. The Morgan fingerprint density at radius 3 is 2.65 bits per heavy atom. The Bertz CT molecular complexity index is 501. The number of nitrogens with zero attached hydrogens (tertiary/aromatic N) is 2. The third-order valence-corrected chi connectivity index (χ3v) is 4.97. The quantitative estimate of drug-likeness (QED) is 0.875. The monoisotopic (exact) mass is 316 g/mol. The van der Waals surface area contributed by atoms with Crippen molar-refractivity contribution >= 4 is 5.91 Å². The van der Waals surface area contributed by atoms with Crippen molar-refractivity contribution in [3.8, 4) is 0 Å². The minimum atomic E-state index is 0.237. The average Bonchev–Trinajstić information content (AvgIpc) is 3.41. The molecule has 1 aromatic rings. The maximum absolute atomic E-state index is 12.8. The van der Waals surface area contributed by atoms with Crippen molar-refractivity contribution in [1.82, 2.24) is 9.80 Å². The van der Waals surface area contributed by atoms with Crippen LogP contribution in [0.15, 0.2) is 30.3 Å². The molecule has 1 saturated carbocycles. The second-order valence-corrected chi connectivity index (χ2v) is 7.02. The van der Waals surface area contributed by atoms with E-state index in [1.807, 2.05) is 18.2 Å². The first-order chi connectivity index (χ1) is 11.3. The van der Waals surface area contributed by atoms with Crippen molar-refractivity contribution in [3.05, 3.63) is 35.9 Å². The highest BCUT2D eigenvalue weighted by Gasteiger charge is 2.33. The maximum atomic E-state index is 12.8. The summed E-state index contributed by atoms with van der Waals surface area (Å²) in [5, 5.41) is 9.45. The molecular weight excluding hydrogens is 288 g/mol. The van der Waals surface area contributed by atoms with Crippen LogP contribution in [-0.2, 0) is 11.3 Å². The van der Waals surface area contributed by atoms with E-state index in [1.54, 1.807) is 0 Å². The fourth-order valence-electron chi connectivity index (χ4n) is 3.48. The van der Waals surface area contributed by atoms with Gasteiger partial charge in [-0.05, 0) is 43.7 Å². The van der Waals surface area contributed by atoms with Gasteiger partial charge in [-0.1, -0.05) is 36.8 Å². The first kappa shape index (κ1) is 16.5. The number of carbonyl (C=O) groups is 1. The zero-order chi connectivity index (χ0) is 16.1. The highest BCUT2D eigenvalue weighted by atomic mass is 16.3. The second-order valence-electron chi connectivity index (χ2n) is 7.02. The number of aliphatic hydroxyl groups excluding tert-OH is 1. The van der Waals surface area contributed by atoms with Gasteiger partial charge < -0.3 is 10.0 Å². The summed E-state index contributed by atoms with van der Waals surface area (Å²) in [5.74, 6) is 0.573. The highest BCUT2D eigenvalue weighted by molar-refractivity contribution is 5.79. The van der Waals surface area contributed by atoms with Gasteiger partial charge in [0, 0.05) is 25.7 Å². The number of carbonyl (C=O) groups excluding carboxylic acids is 1. The van der Waals surface area contributed by atoms with Gasteiger partial charge in [-0.2, -0.15) is 0 Å². The van der Waals surface area contributed by atoms with E-state index in [0.29, 0.717) is 18.5 Å². The van der Waals surface area contributed by atoms with E-state index in [4.69, 9.17) is 0 Å². The lowest BCUT2D eigenvalue weighted by Gasteiger charge is -2.28. The van der Waals surface area contributed by atoms with Gasteiger partial charge in [-0.3, -0.25) is 9.69 Å². The van der Waals surface area contributed by atoms with E-state index in [2.05, 4.69) is 21.9 Å². The van der Waals surface area contributed by atoms with Gasteiger partial charge in [0.2, 0.25) is 5.91 Å². The largest absolute Gasteiger partial charge is 0.396 e. The second kappa shape index (κ2) is 7.93. The normalized spacial score (nSPS) is 22.6. The molecule has 0 spiro atoms. The number of rotatable bonds is 6. The summed E-state index contributed by atoms with van der Waals surface area (Å²) in [4.78, 5) is 17.1. The topological polar surface area (TPSA) is 43.8 Å². The molecule has 2 fully saturated rings. The molecule has 1 saturated heterocycles. The van der Waals surface area contributed by atoms with Crippen LogP contribution in [0, 0.1) is 5.92 Å². The molecule has 0 bridgehead atoms. The minimum Gasteiger partial charge on any atom is -0.396 e. The Morgan fingerprint density at radius 2 is 1.96 bits per heavy atom. The Hall–Kier alpha value is -1.39. The Kier molecular flexibility index (Phi) is 5.68. The van der Waals surface area contributed by atoms with Crippen LogP contribution in [0.1, 0.15) is 37.7 Å². The summed E-state index contributed by atoms with van der Waals surface area (Å²) >= 11 is 0. The number of likely N-dealkylation sites (tertiary alicyclic amines) is 1. The number of hydrogen-bond acceptors (Lipinski definition) is 3. The molecule has 1 aromatic carbocycles. The predicted molar refractivity (Wildman–Crippen MR) is 90.9 cm³/mol. The van der Waals surface area contributed by atoms with Crippen molar-refractivity contribution in [2.75, 3.05) is 26.2 Å². The van der Waals surface area contributed by atoms with Crippen LogP contribution in [0.25, 0.3) is 0 Å². The van der Waals surface area contributed by atoms with Gasteiger partial charge >= 0.3 is 0 Å². The smallest absolute Gasteiger partial charge is 0.237 e. The standard InChI is InChI=1S/C19H28N2O2/c22-15-17-8-4-5-11-20(12-17)14-19(23)21(18-9-10-18)13-16-6-2-1-3-7-16/h1-3,6-7,17-18,22H,4-5,8-15H2. The minimum absolute atomic E-state index is 0.237. The van der Waals surface area contributed by atoms with E-state index in [-0.39, 0.29) is 12.5 Å². The molecule has 4 nitrogen and oxygen atoms in total. The van der Waals surface area contributed by atoms with Crippen molar-refractivity contribution in [2.24, 2.45) is 5.92 Å². The lowest BCUT2D eigenvalue weighted by Crippen LogP contribution is -2.42. The van der Waals surface area contributed by atoms with Crippen LogP contribution < -0.4 is 0 Å². The zero-order valence-electron chi connectivity index (χ0n) is 13.9.